The average molecular weight is 527 g/mol. The lowest BCUT2D eigenvalue weighted by atomic mass is 9.91. The molecule has 1 heterocycles. The van der Waals surface area contributed by atoms with E-state index in [9.17, 15) is 5.53 Å². The monoisotopic (exact) mass is 526 g/mol. The summed E-state index contributed by atoms with van der Waals surface area (Å²) >= 11 is 0. The summed E-state index contributed by atoms with van der Waals surface area (Å²) in [6.07, 6.45) is 20.5. The van der Waals surface area contributed by atoms with E-state index in [1.807, 2.05) is 0 Å². The van der Waals surface area contributed by atoms with Crippen molar-refractivity contribution in [3.63, 3.8) is 0 Å². The molecule has 0 amide bonds. The van der Waals surface area contributed by atoms with Gasteiger partial charge in [0, 0.05) is 22.3 Å². The first-order valence-electron chi connectivity index (χ1n) is 16.3. The van der Waals surface area contributed by atoms with Gasteiger partial charge in [-0.3, -0.25) is 0 Å². The van der Waals surface area contributed by atoms with Crippen LogP contribution in [0.5, 0.6) is 0 Å². The number of nitrogens with zero attached hydrogens (tertiary/aromatic N) is 2. The Hall–Kier alpha value is -2.48. The maximum Gasteiger partial charge on any atom is 0.211 e. The molecule has 1 aliphatic rings. The Morgan fingerprint density at radius 1 is 0.487 bits per heavy atom. The summed E-state index contributed by atoms with van der Waals surface area (Å²) in [5.74, 6) is 0. The van der Waals surface area contributed by atoms with Crippen LogP contribution in [0.1, 0.15) is 146 Å². The van der Waals surface area contributed by atoms with Gasteiger partial charge in [0.1, 0.15) is 0 Å². The first-order valence-corrected chi connectivity index (χ1v) is 16.3. The molecule has 0 saturated carbocycles. The van der Waals surface area contributed by atoms with Crippen LogP contribution in [-0.2, 0) is 12.8 Å². The van der Waals surface area contributed by atoms with E-state index >= 15 is 0 Å². The number of rotatable bonds is 19. The maximum atomic E-state index is 11.9. The van der Waals surface area contributed by atoms with Gasteiger partial charge in [-0.15, -0.1) is 0 Å². The summed E-state index contributed by atoms with van der Waals surface area (Å²) < 4.78 is 1.55. The molecule has 0 spiro atoms. The number of unbranched alkanes of at least 4 members (excludes halogenated alkanes) is 9. The van der Waals surface area contributed by atoms with Gasteiger partial charge in [-0.25, -0.2) is 4.70 Å². The molecule has 0 fully saturated rings. The van der Waals surface area contributed by atoms with E-state index in [2.05, 4.69) is 76.2 Å². The predicted octanol–water partition coefficient (Wildman–Crippen LogP) is 11.9. The van der Waals surface area contributed by atoms with Gasteiger partial charge in [-0.2, -0.15) is 0 Å². The number of benzene rings is 2. The van der Waals surface area contributed by atoms with E-state index in [0.29, 0.717) is 0 Å². The van der Waals surface area contributed by atoms with E-state index < -0.39 is 0 Å². The summed E-state index contributed by atoms with van der Waals surface area (Å²) in [6, 6.07) is 18.0. The van der Waals surface area contributed by atoms with Crippen LogP contribution < -0.4 is 0 Å². The van der Waals surface area contributed by atoms with Crippen LogP contribution in [-0.4, -0.2) is 4.70 Å². The molecule has 0 bridgehead atoms. The van der Waals surface area contributed by atoms with Crippen molar-refractivity contribution < 1.29 is 4.70 Å². The smallest absolute Gasteiger partial charge is 0.211 e. The third kappa shape index (κ3) is 9.02. The van der Waals surface area contributed by atoms with E-state index in [0.717, 1.165) is 61.0 Å². The molecule has 1 aliphatic heterocycles. The molecule has 0 aromatic heterocycles. The highest BCUT2D eigenvalue weighted by Crippen LogP contribution is 2.44. The molecule has 39 heavy (non-hydrogen) atoms. The average Bonchev–Trinajstić information content (AvgIpc) is 3.23. The Bertz CT molecular complexity index is 1090. The molecule has 0 atom stereocenters. The Morgan fingerprint density at radius 3 is 1.69 bits per heavy atom. The zero-order valence-corrected chi connectivity index (χ0v) is 25.5. The molecular formula is C37H54N2. The summed E-state index contributed by atoms with van der Waals surface area (Å²) in [4.78, 5) is 0. The third-order valence-corrected chi connectivity index (χ3v) is 8.24. The van der Waals surface area contributed by atoms with Crippen molar-refractivity contribution >= 4 is 11.4 Å². The zero-order chi connectivity index (χ0) is 27.9. The van der Waals surface area contributed by atoms with Crippen LogP contribution in [0.3, 0.4) is 0 Å². The number of aryl methyl sites for hydroxylation is 2. The first kappa shape index (κ1) is 31.1. The summed E-state index contributed by atoms with van der Waals surface area (Å²) in [6.45, 7) is 9.06. The van der Waals surface area contributed by atoms with Gasteiger partial charge < -0.3 is 5.53 Å². The van der Waals surface area contributed by atoms with Crippen molar-refractivity contribution in [2.75, 3.05) is 0 Å². The largest absolute Gasteiger partial charge is 0.493 e. The summed E-state index contributed by atoms with van der Waals surface area (Å²) in [7, 11) is 0. The fraction of sp³-hybridized carbons (Fsp3) is 0.568. The number of hydrogen-bond acceptors (Lipinski definition) is 0. The standard InChI is InChI=1S/C37H54N2/c1-5-9-13-14-15-17-20-31-21-18-22-33(29-31)37-35(24-16-10-6-2)34(23-12-8-4)36(39(37)38)32-27-25-30(26-28-32)19-11-7-3/h18,21-22,25-29H,5-17,19-20,23-24H2,1-4H3. The minimum atomic E-state index is 1.01. The molecule has 2 heteroatoms. The van der Waals surface area contributed by atoms with E-state index in [1.165, 1.54) is 92.9 Å². The second-order valence-corrected chi connectivity index (χ2v) is 11.5. The van der Waals surface area contributed by atoms with Crippen LogP contribution in [0.25, 0.3) is 16.9 Å². The lowest BCUT2D eigenvalue weighted by Crippen LogP contribution is -2.03. The number of allylic oxidation sites excluding steroid dienone is 2. The molecule has 3 rings (SSSR count). The maximum absolute atomic E-state index is 11.9. The molecular weight excluding hydrogens is 472 g/mol. The van der Waals surface area contributed by atoms with Crippen molar-refractivity contribution in [1.82, 2.24) is 0 Å². The minimum absolute atomic E-state index is 1.01. The molecule has 212 valence electrons. The van der Waals surface area contributed by atoms with Crippen LogP contribution in [0.2, 0.25) is 0 Å². The molecule has 0 N–H and O–H groups in total. The summed E-state index contributed by atoms with van der Waals surface area (Å²) in [5.41, 5.74) is 21.7. The van der Waals surface area contributed by atoms with Crippen LogP contribution >= 0.6 is 0 Å². The van der Waals surface area contributed by atoms with E-state index in [4.69, 9.17) is 0 Å². The Morgan fingerprint density at radius 2 is 1.00 bits per heavy atom. The van der Waals surface area contributed by atoms with Crippen molar-refractivity contribution in [1.29, 1.82) is 0 Å². The minimum Gasteiger partial charge on any atom is -0.493 e. The SMILES string of the molecule is CCCCCCCCc1cccc(C2=C(CCCCC)C(CCCC)=C(c3ccc(CCCC)cc3)[N+]2=[N-])c1. The fourth-order valence-electron chi connectivity index (χ4n) is 5.88. The van der Waals surface area contributed by atoms with Crippen molar-refractivity contribution in [3.05, 3.63) is 87.5 Å². The lowest BCUT2D eigenvalue weighted by molar-refractivity contribution is -0.345. The fourth-order valence-corrected chi connectivity index (χ4v) is 5.88. The molecule has 0 aliphatic carbocycles. The van der Waals surface area contributed by atoms with Gasteiger partial charge in [-0.1, -0.05) is 110 Å². The van der Waals surface area contributed by atoms with E-state index in [-0.39, 0.29) is 0 Å². The molecule has 2 aromatic rings. The second-order valence-electron chi connectivity index (χ2n) is 11.5. The zero-order valence-electron chi connectivity index (χ0n) is 25.5. The van der Waals surface area contributed by atoms with Crippen molar-refractivity contribution in [2.45, 2.75) is 137 Å². The quantitative estimate of drug-likeness (QED) is 0.128. The van der Waals surface area contributed by atoms with Gasteiger partial charge in [0.2, 0.25) is 11.4 Å². The lowest BCUT2D eigenvalue weighted by Gasteiger charge is -2.11. The van der Waals surface area contributed by atoms with Crippen LogP contribution in [0.4, 0.5) is 0 Å². The first-order chi connectivity index (χ1) is 19.1. The normalized spacial score (nSPS) is 13.7. The topological polar surface area (TPSA) is 25.3 Å². The molecule has 0 unspecified atom stereocenters. The van der Waals surface area contributed by atoms with Gasteiger partial charge in [0.25, 0.3) is 0 Å². The summed E-state index contributed by atoms with van der Waals surface area (Å²) in [5, 5.41) is 0. The van der Waals surface area contributed by atoms with Crippen LogP contribution in [0, 0.1) is 0 Å². The van der Waals surface area contributed by atoms with Crippen molar-refractivity contribution in [2.24, 2.45) is 0 Å². The van der Waals surface area contributed by atoms with Gasteiger partial charge in [0.05, 0.1) is 0 Å². The van der Waals surface area contributed by atoms with Crippen LogP contribution in [0.15, 0.2) is 59.7 Å². The molecule has 0 saturated heterocycles. The predicted molar refractivity (Wildman–Crippen MR) is 170 cm³/mol. The molecule has 0 radical (unpaired) electrons. The highest BCUT2D eigenvalue weighted by molar-refractivity contribution is 5.82. The molecule has 2 aromatic carbocycles. The highest BCUT2D eigenvalue weighted by Gasteiger charge is 2.35. The van der Waals surface area contributed by atoms with Gasteiger partial charge in [-0.05, 0) is 86.8 Å². The molecule has 2 nitrogen and oxygen atoms in total. The third-order valence-electron chi connectivity index (χ3n) is 8.24. The highest BCUT2D eigenvalue weighted by atomic mass is 15.2. The Kier molecular flexibility index (Phi) is 13.7. The van der Waals surface area contributed by atoms with Gasteiger partial charge >= 0.3 is 0 Å². The second kappa shape index (κ2) is 17.3. The van der Waals surface area contributed by atoms with Gasteiger partial charge in [0.15, 0.2) is 0 Å². The Balaban J connectivity index is 1.93. The van der Waals surface area contributed by atoms with E-state index in [1.54, 1.807) is 4.70 Å². The van der Waals surface area contributed by atoms with Crippen molar-refractivity contribution in [3.8, 4) is 0 Å². The number of hydrogen-bond donors (Lipinski definition) is 0. The Labute approximate surface area is 240 Å².